The molecule has 9 heteroatoms. The molecule has 2 rings (SSSR count). The number of amides is 2. The second-order valence-electron chi connectivity index (χ2n) is 6.33. The van der Waals surface area contributed by atoms with Crippen LogP contribution in [-0.2, 0) is 6.54 Å². The highest BCUT2D eigenvalue weighted by atomic mass is 19.4. The molecule has 0 radical (unpaired) electrons. The Bertz CT molecular complexity index is 513. The number of aromatic nitrogens is 2. The van der Waals surface area contributed by atoms with Gasteiger partial charge in [0.1, 0.15) is 0 Å². The van der Waals surface area contributed by atoms with Crippen molar-refractivity contribution in [3.8, 4) is 0 Å². The second kappa shape index (κ2) is 7.87. The monoisotopic (exact) mass is 348 g/mol. The van der Waals surface area contributed by atoms with E-state index in [2.05, 4.69) is 10.4 Å². The van der Waals surface area contributed by atoms with E-state index in [1.54, 1.807) is 10.9 Å². The molecule has 1 fully saturated rings. The predicted octanol–water partition coefficient (Wildman–Crippen LogP) is 1.86. The number of likely N-dealkylation sites (tertiary alicyclic amines) is 1. The first kappa shape index (κ1) is 18.6. The van der Waals surface area contributed by atoms with Crippen LogP contribution in [-0.4, -0.2) is 57.7 Å². The number of halogens is 3. The summed E-state index contributed by atoms with van der Waals surface area (Å²) in [6.45, 7) is 3.55. The molecule has 0 saturated carbocycles. The molecule has 24 heavy (non-hydrogen) atoms. The molecular formula is C15H23F3N4O2. The van der Waals surface area contributed by atoms with Crippen molar-refractivity contribution in [3.63, 3.8) is 0 Å². The topological polar surface area (TPSA) is 70.4 Å². The maximum Gasteiger partial charge on any atom is 0.414 e. The first-order chi connectivity index (χ1) is 11.3. The Hall–Kier alpha value is -1.77. The minimum Gasteiger partial charge on any atom is -0.383 e. The molecule has 2 N–H and O–H groups in total. The lowest BCUT2D eigenvalue weighted by Crippen LogP contribution is -2.48. The highest BCUT2D eigenvalue weighted by Gasteiger charge is 2.44. The van der Waals surface area contributed by atoms with Gasteiger partial charge in [-0.25, -0.2) is 4.79 Å². The lowest BCUT2D eigenvalue weighted by molar-refractivity contribution is -0.222. The van der Waals surface area contributed by atoms with Gasteiger partial charge in [-0.2, -0.15) is 18.3 Å². The standard InChI is InChI=1S/C15H23F3N4O2/c1-11(10-22-6-2-5-20-22)9-19-14(24)21-7-3-12(4-8-21)13(23)15(16,17)18/h2,5-6,11-13,23H,3-4,7-10H2,1H3,(H,19,24). The zero-order valence-corrected chi connectivity index (χ0v) is 13.5. The third kappa shape index (κ3) is 5.12. The molecule has 2 atom stereocenters. The minimum atomic E-state index is -4.60. The summed E-state index contributed by atoms with van der Waals surface area (Å²) in [5.74, 6) is -0.661. The molecule has 0 spiro atoms. The molecule has 1 aliphatic heterocycles. The quantitative estimate of drug-likeness (QED) is 0.853. The average molecular weight is 348 g/mol. The number of nitrogens with zero attached hydrogens (tertiary/aromatic N) is 3. The van der Waals surface area contributed by atoms with E-state index in [1.165, 1.54) is 4.90 Å². The van der Waals surface area contributed by atoms with Crippen LogP contribution in [0.3, 0.4) is 0 Å². The van der Waals surface area contributed by atoms with Crippen molar-refractivity contribution in [2.45, 2.75) is 38.6 Å². The van der Waals surface area contributed by atoms with Gasteiger partial charge in [-0.1, -0.05) is 6.92 Å². The van der Waals surface area contributed by atoms with Crippen LogP contribution in [0, 0.1) is 11.8 Å². The van der Waals surface area contributed by atoms with Crippen LogP contribution >= 0.6 is 0 Å². The normalized spacial score (nSPS) is 19.1. The van der Waals surface area contributed by atoms with Crippen molar-refractivity contribution in [3.05, 3.63) is 18.5 Å². The van der Waals surface area contributed by atoms with Crippen molar-refractivity contribution in [1.29, 1.82) is 0 Å². The van der Waals surface area contributed by atoms with Gasteiger partial charge in [-0.05, 0) is 30.7 Å². The van der Waals surface area contributed by atoms with Gasteiger partial charge in [0.15, 0.2) is 6.10 Å². The number of carbonyl (C=O) groups excluding carboxylic acids is 1. The zero-order valence-electron chi connectivity index (χ0n) is 13.5. The van der Waals surface area contributed by atoms with Gasteiger partial charge >= 0.3 is 12.2 Å². The number of aliphatic hydroxyl groups excluding tert-OH is 1. The highest BCUT2D eigenvalue weighted by Crippen LogP contribution is 2.31. The largest absolute Gasteiger partial charge is 0.414 e. The zero-order chi connectivity index (χ0) is 17.7. The van der Waals surface area contributed by atoms with Gasteiger partial charge in [0.25, 0.3) is 0 Å². The third-order valence-electron chi connectivity index (χ3n) is 4.27. The Morgan fingerprint density at radius 1 is 1.42 bits per heavy atom. The first-order valence-electron chi connectivity index (χ1n) is 8.02. The number of hydrogen-bond acceptors (Lipinski definition) is 3. The maximum absolute atomic E-state index is 12.5. The van der Waals surface area contributed by atoms with Crippen LogP contribution in [0.2, 0.25) is 0 Å². The number of nitrogens with one attached hydrogen (secondary N) is 1. The molecule has 2 heterocycles. The van der Waals surface area contributed by atoms with Crippen molar-refractivity contribution >= 4 is 6.03 Å². The molecule has 6 nitrogen and oxygen atoms in total. The average Bonchev–Trinajstić information content (AvgIpc) is 3.04. The smallest absolute Gasteiger partial charge is 0.383 e. The van der Waals surface area contributed by atoms with Gasteiger partial charge in [-0.15, -0.1) is 0 Å². The van der Waals surface area contributed by atoms with Crippen molar-refractivity contribution in [2.75, 3.05) is 19.6 Å². The fraction of sp³-hybridized carbons (Fsp3) is 0.733. The van der Waals surface area contributed by atoms with Crippen LogP contribution in [0.15, 0.2) is 18.5 Å². The summed E-state index contributed by atoms with van der Waals surface area (Å²) >= 11 is 0. The van der Waals surface area contributed by atoms with E-state index in [0.717, 1.165) is 0 Å². The summed E-state index contributed by atoms with van der Waals surface area (Å²) in [4.78, 5) is 13.6. The number of piperidine rings is 1. The summed E-state index contributed by atoms with van der Waals surface area (Å²) in [6.07, 6.45) is -3.08. The number of aliphatic hydroxyl groups is 1. The number of rotatable bonds is 5. The summed E-state index contributed by atoms with van der Waals surface area (Å²) in [7, 11) is 0. The molecule has 1 aromatic heterocycles. The number of urea groups is 1. The highest BCUT2D eigenvalue weighted by molar-refractivity contribution is 5.74. The first-order valence-corrected chi connectivity index (χ1v) is 8.02. The molecule has 1 aliphatic rings. The van der Waals surface area contributed by atoms with Crippen LogP contribution < -0.4 is 5.32 Å². The van der Waals surface area contributed by atoms with Gasteiger partial charge in [-0.3, -0.25) is 4.68 Å². The molecule has 2 amide bonds. The fourth-order valence-corrected chi connectivity index (χ4v) is 2.85. The van der Waals surface area contributed by atoms with Crippen LogP contribution in [0.25, 0.3) is 0 Å². The SMILES string of the molecule is CC(CNC(=O)N1CCC(C(O)C(F)(F)F)CC1)Cn1cccn1. The van der Waals surface area contributed by atoms with E-state index in [1.807, 2.05) is 19.2 Å². The summed E-state index contributed by atoms with van der Waals surface area (Å²) in [5.41, 5.74) is 0. The van der Waals surface area contributed by atoms with Gasteiger partial charge in [0.2, 0.25) is 0 Å². The molecule has 1 aromatic rings. The van der Waals surface area contributed by atoms with E-state index < -0.39 is 18.2 Å². The Labute approximate surface area is 138 Å². The van der Waals surface area contributed by atoms with Crippen LogP contribution in [0.5, 0.6) is 0 Å². The molecule has 1 saturated heterocycles. The Kier molecular flexibility index (Phi) is 6.09. The van der Waals surface area contributed by atoms with E-state index in [0.29, 0.717) is 13.1 Å². The fourth-order valence-electron chi connectivity index (χ4n) is 2.85. The maximum atomic E-state index is 12.5. The van der Waals surface area contributed by atoms with Crippen molar-refractivity contribution in [2.24, 2.45) is 11.8 Å². The lowest BCUT2D eigenvalue weighted by Gasteiger charge is -2.34. The molecule has 2 unspecified atom stereocenters. The van der Waals surface area contributed by atoms with Crippen molar-refractivity contribution < 1.29 is 23.1 Å². The number of alkyl halides is 3. The van der Waals surface area contributed by atoms with Gasteiger partial charge in [0, 0.05) is 38.6 Å². The van der Waals surface area contributed by atoms with E-state index in [4.69, 9.17) is 0 Å². The molecule has 0 aromatic carbocycles. The van der Waals surface area contributed by atoms with Gasteiger partial charge < -0.3 is 15.3 Å². The van der Waals surface area contributed by atoms with Crippen LogP contribution in [0.1, 0.15) is 19.8 Å². The lowest BCUT2D eigenvalue weighted by atomic mass is 9.91. The number of carbonyl (C=O) groups is 1. The second-order valence-corrected chi connectivity index (χ2v) is 6.33. The Balaban J connectivity index is 1.71. The van der Waals surface area contributed by atoms with E-state index >= 15 is 0 Å². The summed E-state index contributed by atoms with van der Waals surface area (Å²) in [6, 6.07) is 1.55. The summed E-state index contributed by atoms with van der Waals surface area (Å²) < 4.78 is 39.3. The minimum absolute atomic E-state index is 0.150. The van der Waals surface area contributed by atoms with Crippen LogP contribution in [0.4, 0.5) is 18.0 Å². The predicted molar refractivity (Wildman–Crippen MR) is 81.1 cm³/mol. The van der Waals surface area contributed by atoms with E-state index in [9.17, 15) is 23.1 Å². The number of hydrogen-bond donors (Lipinski definition) is 2. The molecule has 136 valence electrons. The third-order valence-corrected chi connectivity index (χ3v) is 4.27. The molecule has 0 aliphatic carbocycles. The van der Waals surface area contributed by atoms with Gasteiger partial charge in [0.05, 0.1) is 0 Å². The molecule has 0 bridgehead atoms. The Morgan fingerprint density at radius 2 is 2.08 bits per heavy atom. The van der Waals surface area contributed by atoms with E-state index in [-0.39, 0.29) is 37.9 Å². The summed E-state index contributed by atoms with van der Waals surface area (Å²) in [5, 5.41) is 16.2. The molecular weight excluding hydrogens is 325 g/mol. The van der Waals surface area contributed by atoms with Crippen molar-refractivity contribution in [1.82, 2.24) is 20.0 Å². The Morgan fingerprint density at radius 3 is 2.62 bits per heavy atom.